The Kier molecular flexibility index (Phi) is 4.47. The molecule has 0 aliphatic carbocycles. The number of hydrogen-bond acceptors (Lipinski definition) is 3. The van der Waals surface area contributed by atoms with Crippen LogP contribution < -0.4 is 5.73 Å². The maximum Gasteiger partial charge on any atom is 0.0994 e. The third-order valence-electron chi connectivity index (χ3n) is 2.63. The fourth-order valence-corrected chi connectivity index (χ4v) is 1.50. The molecule has 0 fully saturated rings. The van der Waals surface area contributed by atoms with E-state index < -0.39 is 0 Å². The average Bonchev–Trinajstić information content (AvgIpc) is 2.62. The first-order valence-corrected chi connectivity index (χ1v) is 6.08. The van der Waals surface area contributed by atoms with Crippen molar-refractivity contribution in [1.29, 1.82) is 0 Å². The molecule has 0 radical (unpaired) electrons. The van der Waals surface area contributed by atoms with Crippen molar-refractivity contribution < 1.29 is 0 Å². The Morgan fingerprint density at radius 1 is 1.44 bits per heavy atom. The summed E-state index contributed by atoms with van der Waals surface area (Å²) in [5.41, 5.74) is 7.23. The maximum atomic E-state index is 5.98. The van der Waals surface area contributed by atoms with Gasteiger partial charge < -0.3 is 5.73 Å². The molecular weight excluding hydrogens is 200 g/mol. The number of aryl methyl sites for hydroxylation is 1. The van der Waals surface area contributed by atoms with Crippen molar-refractivity contribution >= 4 is 0 Å². The van der Waals surface area contributed by atoms with Crippen molar-refractivity contribution in [1.82, 2.24) is 15.0 Å². The number of hydrogen-bond donors (Lipinski definition) is 1. The zero-order valence-electron chi connectivity index (χ0n) is 10.9. The Morgan fingerprint density at radius 2 is 2.12 bits per heavy atom. The number of aromatic nitrogens is 3. The summed E-state index contributed by atoms with van der Waals surface area (Å²) in [5.74, 6) is 0. The van der Waals surface area contributed by atoms with Gasteiger partial charge >= 0.3 is 0 Å². The highest BCUT2D eigenvalue weighted by atomic mass is 15.4. The molecule has 1 unspecified atom stereocenters. The van der Waals surface area contributed by atoms with Gasteiger partial charge in [-0.25, -0.2) is 0 Å². The topological polar surface area (TPSA) is 56.7 Å². The van der Waals surface area contributed by atoms with E-state index in [9.17, 15) is 0 Å². The quantitative estimate of drug-likeness (QED) is 0.836. The highest BCUT2D eigenvalue weighted by Crippen LogP contribution is 2.19. The molecule has 0 saturated heterocycles. The molecule has 1 aromatic heterocycles. The molecule has 0 aliphatic rings. The van der Waals surface area contributed by atoms with Crippen molar-refractivity contribution in [2.24, 2.45) is 11.1 Å². The Hall–Kier alpha value is -0.900. The molecule has 92 valence electrons. The van der Waals surface area contributed by atoms with Crippen LogP contribution in [-0.2, 0) is 6.54 Å². The zero-order chi connectivity index (χ0) is 12.2. The first-order chi connectivity index (χ1) is 7.42. The van der Waals surface area contributed by atoms with Crippen molar-refractivity contribution in [3.05, 3.63) is 11.9 Å². The SMILES string of the molecule is CCCC(N)c1cn(CCC(C)(C)C)nn1. The molecule has 1 heterocycles. The van der Waals surface area contributed by atoms with Gasteiger partial charge in [-0.15, -0.1) is 5.10 Å². The molecule has 0 saturated carbocycles. The third kappa shape index (κ3) is 4.31. The summed E-state index contributed by atoms with van der Waals surface area (Å²) >= 11 is 0. The standard InChI is InChI=1S/C12H24N4/c1-5-6-10(13)11-9-16(15-14-11)8-7-12(2,3)4/h9-10H,5-8,13H2,1-4H3. The second-order valence-corrected chi connectivity index (χ2v) is 5.61. The van der Waals surface area contributed by atoms with Crippen LogP contribution in [0.1, 0.15) is 58.7 Å². The molecule has 0 aromatic carbocycles. The Balaban J connectivity index is 2.51. The van der Waals surface area contributed by atoms with Crippen molar-refractivity contribution in [2.75, 3.05) is 0 Å². The minimum Gasteiger partial charge on any atom is -0.323 e. The van der Waals surface area contributed by atoms with Crippen LogP contribution in [0.15, 0.2) is 6.20 Å². The van der Waals surface area contributed by atoms with E-state index >= 15 is 0 Å². The van der Waals surface area contributed by atoms with Gasteiger partial charge in [-0.3, -0.25) is 4.68 Å². The summed E-state index contributed by atoms with van der Waals surface area (Å²) in [6, 6.07) is 0.0355. The summed E-state index contributed by atoms with van der Waals surface area (Å²) in [6.45, 7) is 9.73. The molecular formula is C12H24N4. The van der Waals surface area contributed by atoms with Crippen LogP contribution in [0.4, 0.5) is 0 Å². The molecule has 0 aliphatic heterocycles. The van der Waals surface area contributed by atoms with E-state index in [1.807, 2.05) is 10.9 Å². The van der Waals surface area contributed by atoms with E-state index in [0.29, 0.717) is 5.41 Å². The minimum atomic E-state index is 0.0355. The predicted molar refractivity (Wildman–Crippen MR) is 65.9 cm³/mol. The molecule has 1 rings (SSSR count). The lowest BCUT2D eigenvalue weighted by atomic mass is 9.92. The molecule has 4 heteroatoms. The van der Waals surface area contributed by atoms with Gasteiger partial charge in [0.2, 0.25) is 0 Å². The van der Waals surface area contributed by atoms with Gasteiger partial charge in [-0.1, -0.05) is 39.3 Å². The summed E-state index contributed by atoms with van der Waals surface area (Å²) in [4.78, 5) is 0. The highest BCUT2D eigenvalue weighted by Gasteiger charge is 2.12. The van der Waals surface area contributed by atoms with Gasteiger partial charge in [0.05, 0.1) is 17.9 Å². The van der Waals surface area contributed by atoms with Crippen molar-refractivity contribution in [2.45, 2.75) is 59.5 Å². The number of nitrogens with zero attached hydrogens (tertiary/aromatic N) is 3. The molecule has 2 N–H and O–H groups in total. The van der Waals surface area contributed by atoms with Gasteiger partial charge in [0.15, 0.2) is 0 Å². The molecule has 0 spiro atoms. The molecule has 0 amide bonds. The second kappa shape index (κ2) is 5.43. The third-order valence-corrected chi connectivity index (χ3v) is 2.63. The van der Waals surface area contributed by atoms with Crippen molar-refractivity contribution in [3.63, 3.8) is 0 Å². The first kappa shape index (κ1) is 13.2. The van der Waals surface area contributed by atoms with Crippen molar-refractivity contribution in [3.8, 4) is 0 Å². The van der Waals surface area contributed by atoms with Gasteiger partial charge in [0.25, 0.3) is 0 Å². The molecule has 1 atom stereocenters. The average molecular weight is 224 g/mol. The van der Waals surface area contributed by atoms with E-state index in [4.69, 9.17) is 5.73 Å². The normalized spacial score (nSPS) is 14.1. The summed E-state index contributed by atoms with van der Waals surface area (Å²) in [7, 11) is 0. The monoisotopic (exact) mass is 224 g/mol. The fourth-order valence-electron chi connectivity index (χ4n) is 1.50. The van der Waals surface area contributed by atoms with E-state index in [2.05, 4.69) is 38.0 Å². The van der Waals surface area contributed by atoms with Crippen LogP contribution in [-0.4, -0.2) is 15.0 Å². The van der Waals surface area contributed by atoms with Crippen LogP contribution in [0.5, 0.6) is 0 Å². The minimum absolute atomic E-state index is 0.0355. The zero-order valence-corrected chi connectivity index (χ0v) is 10.9. The maximum absolute atomic E-state index is 5.98. The molecule has 1 aromatic rings. The van der Waals surface area contributed by atoms with E-state index in [0.717, 1.165) is 31.5 Å². The summed E-state index contributed by atoms with van der Waals surface area (Å²) in [5, 5.41) is 8.23. The Morgan fingerprint density at radius 3 is 2.69 bits per heavy atom. The molecule has 16 heavy (non-hydrogen) atoms. The van der Waals surface area contributed by atoms with E-state index in [1.54, 1.807) is 0 Å². The first-order valence-electron chi connectivity index (χ1n) is 6.08. The van der Waals surface area contributed by atoms with Gasteiger partial charge in [-0.05, 0) is 18.3 Å². The van der Waals surface area contributed by atoms with Crippen LogP contribution in [0.3, 0.4) is 0 Å². The number of rotatable bonds is 5. The van der Waals surface area contributed by atoms with E-state index in [-0.39, 0.29) is 6.04 Å². The lowest BCUT2D eigenvalue weighted by Crippen LogP contribution is -2.11. The Labute approximate surface area is 98.2 Å². The van der Waals surface area contributed by atoms with Crippen LogP contribution in [0.2, 0.25) is 0 Å². The van der Waals surface area contributed by atoms with E-state index in [1.165, 1.54) is 0 Å². The predicted octanol–water partition coefficient (Wildman–Crippen LogP) is 2.51. The highest BCUT2D eigenvalue weighted by molar-refractivity contribution is 4.99. The lowest BCUT2D eigenvalue weighted by molar-refractivity contribution is 0.339. The smallest absolute Gasteiger partial charge is 0.0994 e. The van der Waals surface area contributed by atoms with Crippen LogP contribution >= 0.6 is 0 Å². The largest absolute Gasteiger partial charge is 0.323 e. The van der Waals surface area contributed by atoms with Crippen LogP contribution in [0.25, 0.3) is 0 Å². The second-order valence-electron chi connectivity index (χ2n) is 5.61. The lowest BCUT2D eigenvalue weighted by Gasteiger charge is -2.17. The van der Waals surface area contributed by atoms with Crippen LogP contribution in [0, 0.1) is 5.41 Å². The number of nitrogens with two attached hydrogens (primary N) is 1. The fraction of sp³-hybridized carbons (Fsp3) is 0.833. The summed E-state index contributed by atoms with van der Waals surface area (Å²) in [6.07, 6.45) is 5.12. The van der Waals surface area contributed by atoms with Gasteiger partial charge in [-0.2, -0.15) is 0 Å². The van der Waals surface area contributed by atoms with Gasteiger partial charge in [0, 0.05) is 6.54 Å². The Bertz CT molecular complexity index is 311. The van der Waals surface area contributed by atoms with Gasteiger partial charge in [0.1, 0.15) is 0 Å². The summed E-state index contributed by atoms with van der Waals surface area (Å²) < 4.78 is 1.90. The molecule has 0 bridgehead atoms. The molecule has 4 nitrogen and oxygen atoms in total.